The number of carbonyl (C=O) groups excluding carboxylic acids is 1. The summed E-state index contributed by atoms with van der Waals surface area (Å²) in [5.74, 6) is 0.0852. The molecule has 1 aliphatic heterocycles. The highest BCUT2D eigenvalue weighted by Gasteiger charge is 2.30. The largest absolute Gasteiger partial charge is 0.320 e. The van der Waals surface area contributed by atoms with Gasteiger partial charge < -0.3 is 5.32 Å². The van der Waals surface area contributed by atoms with Gasteiger partial charge in [-0.3, -0.25) is 24.3 Å². The fourth-order valence-electron chi connectivity index (χ4n) is 3.81. The first-order valence-electron chi connectivity index (χ1n) is 10.2. The van der Waals surface area contributed by atoms with Gasteiger partial charge in [0, 0.05) is 18.2 Å². The molecular weight excluding hydrogens is 444 g/mol. The van der Waals surface area contributed by atoms with Crippen LogP contribution in [-0.2, 0) is 4.79 Å². The second kappa shape index (κ2) is 8.17. The summed E-state index contributed by atoms with van der Waals surface area (Å²) in [6.07, 6.45) is 1.48. The zero-order valence-electron chi connectivity index (χ0n) is 17.5. The number of fused-ring (bicyclic) bond motifs is 2. The third-order valence-corrected chi connectivity index (χ3v) is 6.54. The van der Waals surface area contributed by atoms with Crippen LogP contribution in [0.3, 0.4) is 0 Å². The first kappa shape index (κ1) is 20.9. The average Bonchev–Trinajstić information content (AvgIpc) is 3.39. The first-order valence-corrected chi connectivity index (χ1v) is 11.1. The van der Waals surface area contributed by atoms with Crippen LogP contribution in [0.5, 0.6) is 0 Å². The van der Waals surface area contributed by atoms with Gasteiger partial charge in [0.25, 0.3) is 11.2 Å². The van der Waals surface area contributed by atoms with Crippen molar-refractivity contribution in [2.75, 3.05) is 11.1 Å². The maximum absolute atomic E-state index is 13.2. The highest BCUT2D eigenvalue weighted by molar-refractivity contribution is 7.99. The highest BCUT2D eigenvalue weighted by atomic mass is 32.2. The number of rotatable bonds is 5. The summed E-state index contributed by atoms with van der Waals surface area (Å²) in [5.41, 5.74) is 2.06. The van der Waals surface area contributed by atoms with E-state index in [1.165, 1.54) is 40.7 Å². The summed E-state index contributed by atoms with van der Waals surface area (Å²) in [6.45, 7) is 1.99. The van der Waals surface area contributed by atoms with Crippen molar-refractivity contribution in [2.24, 2.45) is 0 Å². The number of anilines is 1. The summed E-state index contributed by atoms with van der Waals surface area (Å²) in [7, 11) is 0. The lowest BCUT2D eigenvalue weighted by atomic mass is 10.2. The molecule has 33 heavy (non-hydrogen) atoms. The molecule has 5 rings (SSSR count). The summed E-state index contributed by atoms with van der Waals surface area (Å²) in [6, 6.07) is 13.3. The van der Waals surface area contributed by atoms with E-state index in [4.69, 9.17) is 0 Å². The van der Waals surface area contributed by atoms with E-state index in [-0.39, 0.29) is 23.4 Å². The lowest BCUT2D eigenvalue weighted by Crippen LogP contribution is -2.27. The minimum absolute atomic E-state index is 0.00869. The van der Waals surface area contributed by atoms with Crippen LogP contribution >= 0.6 is 11.8 Å². The summed E-state index contributed by atoms with van der Waals surface area (Å²) in [5, 5.41) is 19.0. The molecule has 0 fully saturated rings. The van der Waals surface area contributed by atoms with Crippen molar-refractivity contribution >= 4 is 40.1 Å². The first-order chi connectivity index (χ1) is 15.9. The average molecular weight is 462 g/mol. The Hall–Kier alpha value is -3.99. The normalized spacial score (nSPS) is 14.9. The maximum Gasteiger partial charge on any atom is 0.292 e. The van der Waals surface area contributed by atoms with Gasteiger partial charge >= 0.3 is 0 Å². The number of nitro groups is 1. The van der Waals surface area contributed by atoms with Gasteiger partial charge in [0.2, 0.25) is 5.91 Å². The van der Waals surface area contributed by atoms with Crippen molar-refractivity contribution in [1.29, 1.82) is 0 Å². The summed E-state index contributed by atoms with van der Waals surface area (Å²) < 4.78 is 3.15. The Morgan fingerprint density at radius 3 is 2.76 bits per heavy atom. The van der Waals surface area contributed by atoms with Crippen LogP contribution in [0.15, 0.2) is 64.7 Å². The Labute approximate surface area is 191 Å². The number of carbonyl (C=O) groups is 1. The molecule has 0 bridgehead atoms. The van der Waals surface area contributed by atoms with Gasteiger partial charge in [-0.1, -0.05) is 41.6 Å². The maximum atomic E-state index is 13.2. The molecule has 1 N–H and O–H groups in total. The molecule has 0 radical (unpaired) electrons. The molecule has 0 saturated carbocycles. The smallest absolute Gasteiger partial charge is 0.292 e. The van der Waals surface area contributed by atoms with Crippen molar-refractivity contribution in [3.8, 4) is 5.69 Å². The molecule has 1 unspecified atom stereocenters. The van der Waals surface area contributed by atoms with Gasteiger partial charge in [0.15, 0.2) is 10.8 Å². The van der Waals surface area contributed by atoms with Crippen LogP contribution in [-0.4, -0.2) is 35.9 Å². The predicted molar refractivity (Wildman–Crippen MR) is 124 cm³/mol. The molecular formula is C22H18N6O4S. The van der Waals surface area contributed by atoms with Crippen LogP contribution in [0, 0.1) is 17.0 Å². The molecule has 2 aromatic heterocycles. The highest BCUT2D eigenvalue weighted by Crippen LogP contribution is 2.34. The third kappa shape index (κ3) is 3.76. The Morgan fingerprint density at radius 1 is 1.24 bits per heavy atom. The van der Waals surface area contributed by atoms with E-state index in [0.29, 0.717) is 21.9 Å². The van der Waals surface area contributed by atoms with E-state index < -0.39 is 16.9 Å². The number of aromatic nitrogens is 4. The van der Waals surface area contributed by atoms with E-state index in [0.717, 1.165) is 11.3 Å². The van der Waals surface area contributed by atoms with Crippen molar-refractivity contribution in [3.63, 3.8) is 0 Å². The number of nitrogens with one attached hydrogen (secondary N) is 1. The fourth-order valence-corrected chi connectivity index (χ4v) is 4.94. The number of benzene rings is 2. The Bertz CT molecular complexity index is 1460. The topological polar surface area (TPSA) is 125 Å². The molecule has 1 aliphatic rings. The van der Waals surface area contributed by atoms with Crippen LogP contribution in [0.4, 0.5) is 11.4 Å². The van der Waals surface area contributed by atoms with Crippen molar-refractivity contribution < 1.29 is 9.72 Å². The number of thioether (sulfide) groups is 1. The second-order valence-corrected chi connectivity index (χ2v) is 8.68. The monoisotopic (exact) mass is 462 g/mol. The van der Waals surface area contributed by atoms with E-state index in [1.807, 2.05) is 31.2 Å². The molecule has 10 nitrogen and oxygen atoms in total. The van der Waals surface area contributed by atoms with Crippen LogP contribution in [0.1, 0.15) is 18.0 Å². The van der Waals surface area contributed by atoms with Crippen LogP contribution in [0.2, 0.25) is 0 Å². The summed E-state index contributed by atoms with van der Waals surface area (Å²) in [4.78, 5) is 41.2. The molecule has 0 aliphatic carbocycles. The third-order valence-electron chi connectivity index (χ3n) is 5.45. The van der Waals surface area contributed by atoms with Crippen LogP contribution in [0.25, 0.3) is 16.7 Å². The molecule has 0 saturated heterocycles. The molecule has 1 amide bonds. The van der Waals surface area contributed by atoms with Crippen molar-refractivity contribution in [3.05, 3.63) is 80.8 Å². The molecule has 2 aromatic carbocycles. The van der Waals surface area contributed by atoms with Gasteiger partial charge in [-0.25, -0.2) is 9.67 Å². The second-order valence-electron chi connectivity index (χ2n) is 7.69. The number of amides is 1. The number of hydrogen-bond acceptors (Lipinski definition) is 7. The quantitative estimate of drug-likeness (QED) is 0.273. The van der Waals surface area contributed by atoms with Crippen molar-refractivity contribution in [1.82, 2.24) is 19.3 Å². The SMILES string of the molecule is Cc1ccc(-n2ncc3c(=O)n4c(nc32)SCC4CC(=O)Nc2ccccc2[N+](=O)[O-])cc1. The number of para-hydroxylation sites is 2. The molecule has 0 spiro atoms. The van der Waals surface area contributed by atoms with Gasteiger partial charge in [0.05, 0.1) is 22.8 Å². The van der Waals surface area contributed by atoms with Gasteiger partial charge in [-0.05, 0) is 25.1 Å². The number of nitro benzene ring substituents is 1. The number of aryl methyl sites for hydroxylation is 1. The molecule has 1 atom stereocenters. The van der Waals surface area contributed by atoms with Gasteiger partial charge in [0.1, 0.15) is 11.1 Å². The lowest BCUT2D eigenvalue weighted by molar-refractivity contribution is -0.383. The van der Waals surface area contributed by atoms with Gasteiger partial charge in [-0.2, -0.15) is 5.10 Å². The zero-order chi connectivity index (χ0) is 23.1. The zero-order valence-corrected chi connectivity index (χ0v) is 18.3. The minimum atomic E-state index is -0.548. The lowest BCUT2D eigenvalue weighted by Gasteiger charge is -2.13. The minimum Gasteiger partial charge on any atom is -0.320 e. The van der Waals surface area contributed by atoms with E-state index in [1.54, 1.807) is 10.7 Å². The van der Waals surface area contributed by atoms with E-state index in [2.05, 4.69) is 15.4 Å². The number of hydrogen-bond donors (Lipinski definition) is 1. The molecule has 4 aromatic rings. The molecule has 3 heterocycles. The predicted octanol–water partition coefficient (Wildman–Crippen LogP) is 3.47. The number of nitrogens with zero attached hydrogens (tertiary/aromatic N) is 5. The molecule has 166 valence electrons. The van der Waals surface area contributed by atoms with Crippen molar-refractivity contribution in [2.45, 2.75) is 24.5 Å². The van der Waals surface area contributed by atoms with Crippen LogP contribution < -0.4 is 10.9 Å². The Kier molecular flexibility index (Phi) is 5.17. The fraction of sp³-hybridized carbons (Fsp3) is 0.182. The summed E-state index contributed by atoms with van der Waals surface area (Å²) >= 11 is 1.39. The Morgan fingerprint density at radius 2 is 2.00 bits per heavy atom. The Balaban J connectivity index is 1.44. The van der Waals surface area contributed by atoms with E-state index in [9.17, 15) is 19.7 Å². The van der Waals surface area contributed by atoms with Gasteiger partial charge in [-0.15, -0.1) is 0 Å². The standard InChI is InChI=1S/C22H18N6O4S/c1-13-6-8-14(9-7-13)27-20-16(11-23-27)21(30)26-15(12-33-22(26)25-20)10-19(29)24-17-4-2-3-5-18(17)28(31)32/h2-9,11,15H,10,12H2,1H3,(H,24,29). The molecule has 11 heteroatoms. The van der Waals surface area contributed by atoms with E-state index >= 15 is 0 Å².